The molecule has 0 aliphatic carbocycles. The third-order valence-corrected chi connectivity index (χ3v) is 7.12. The second kappa shape index (κ2) is 11.4. The summed E-state index contributed by atoms with van der Waals surface area (Å²) >= 11 is 4.83. The van der Waals surface area contributed by atoms with E-state index in [0.717, 1.165) is 6.20 Å². The van der Waals surface area contributed by atoms with Gasteiger partial charge in [0, 0.05) is 6.20 Å². The lowest BCUT2D eigenvalue weighted by molar-refractivity contribution is -0.204. The Kier molecular flexibility index (Phi) is 8.93. The van der Waals surface area contributed by atoms with Crippen molar-refractivity contribution >= 4 is 25.9 Å². The van der Waals surface area contributed by atoms with E-state index in [0.29, 0.717) is 4.57 Å². The number of aliphatic hydroxyl groups is 1. The van der Waals surface area contributed by atoms with Crippen molar-refractivity contribution in [1.29, 1.82) is 0 Å². The van der Waals surface area contributed by atoms with Gasteiger partial charge < -0.3 is 19.1 Å². The second-order valence-electron chi connectivity index (χ2n) is 8.60. The zero-order chi connectivity index (χ0) is 28.3. The number of rotatable bonds is 10. The molecule has 1 aromatic heterocycles. The number of nitrogens with zero attached hydrogens (tertiary/aromatic N) is 1. The number of aromatic nitrogens is 2. The van der Waals surface area contributed by atoms with E-state index >= 15 is 8.78 Å². The van der Waals surface area contributed by atoms with Crippen LogP contribution >= 0.6 is 20.0 Å². The number of esters is 1. The van der Waals surface area contributed by atoms with E-state index in [1.807, 2.05) is 0 Å². The molecule has 1 aromatic carbocycles. The molecule has 0 radical (unpaired) electrons. The number of ether oxygens (including phenoxy) is 2. The highest BCUT2D eigenvalue weighted by atomic mass is 32.1. The first-order chi connectivity index (χ1) is 17.7. The molecule has 38 heavy (non-hydrogen) atoms. The fourth-order valence-corrected chi connectivity index (χ4v) is 5.08. The van der Waals surface area contributed by atoms with E-state index in [2.05, 4.69) is 10.1 Å². The molecule has 1 saturated heterocycles. The number of hydrogen-bond donors (Lipinski definition) is 3. The summed E-state index contributed by atoms with van der Waals surface area (Å²) in [5, 5.41) is 12.9. The van der Waals surface area contributed by atoms with Crippen LogP contribution in [0.3, 0.4) is 0 Å². The monoisotopic (exact) mass is 573 g/mol. The van der Waals surface area contributed by atoms with Crippen molar-refractivity contribution in [2.75, 3.05) is 6.61 Å². The van der Waals surface area contributed by atoms with Gasteiger partial charge in [0.25, 0.3) is 5.85 Å². The lowest BCUT2D eigenvalue weighted by Gasteiger charge is -2.28. The van der Waals surface area contributed by atoms with Crippen LogP contribution in [0.5, 0.6) is 5.75 Å². The number of nitrogens with one attached hydrogen (secondary N) is 2. The maximum atomic E-state index is 15.9. The van der Waals surface area contributed by atoms with Crippen molar-refractivity contribution in [3.05, 3.63) is 57.7 Å². The Bertz CT molecular complexity index is 1370. The predicted molar refractivity (Wildman–Crippen MR) is 133 cm³/mol. The molecule has 3 N–H and O–H groups in total. The highest BCUT2D eigenvalue weighted by Gasteiger charge is 2.67. The van der Waals surface area contributed by atoms with Crippen LogP contribution in [0, 0.1) is 17.0 Å². The van der Waals surface area contributed by atoms with Gasteiger partial charge >= 0.3 is 19.4 Å². The van der Waals surface area contributed by atoms with Gasteiger partial charge in [-0.05, 0) is 39.0 Å². The molecular weight excluding hydrogens is 547 g/mol. The van der Waals surface area contributed by atoms with Crippen LogP contribution < -0.4 is 15.3 Å². The summed E-state index contributed by atoms with van der Waals surface area (Å²) in [6.07, 6.45) is 0.903. The van der Waals surface area contributed by atoms with Crippen LogP contribution in [-0.4, -0.2) is 57.0 Å². The SMILES string of the molecule is C#CC1(F)C(n2ccc(=S)[nH]c2=O)OC(F)(COP(=O)(NC(C)C(=O)OC(C)C)Oc2ccccc2)C1O. The minimum Gasteiger partial charge on any atom is -0.462 e. The molecular formula is C23H26F2N3O8PS. The van der Waals surface area contributed by atoms with E-state index < -0.39 is 62.0 Å². The molecule has 6 atom stereocenters. The van der Waals surface area contributed by atoms with E-state index in [1.165, 1.54) is 25.1 Å². The molecule has 11 nitrogen and oxygen atoms in total. The van der Waals surface area contributed by atoms with Crippen LogP contribution in [0.2, 0.25) is 0 Å². The van der Waals surface area contributed by atoms with Crippen LogP contribution in [0.15, 0.2) is 47.4 Å². The number of carbonyl (C=O) groups is 1. The number of aliphatic hydroxyl groups excluding tert-OH is 1. The Morgan fingerprint density at radius 2 is 2.00 bits per heavy atom. The van der Waals surface area contributed by atoms with Crippen molar-refractivity contribution in [1.82, 2.24) is 14.6 Å². The van der Waals surface area contributed by atoms with Crippen LogP contribution in [0.4, 0.5) is 8.78 Å². The third kappa shape index (κ3) is 6.37. The van der Waals surface area contributed by atoms with Gasteiger partial charge in [0.2, 0.25) is 5.67 Å². The Balaban J connectivity index is 1.90. The lowest BCUT2D eigenvalue weighted by Crippen LogP contribution is -2.48. The van der Waals surface area contributed by atoms with E-state index in [-0.39, 0.29) is 10.4 Å². The van der Waals surface area contributed by atoms with Crippen molar-refractivity contribution in [3.63, 3.8) is 0 Å². The van der Waals surface area contributed by atoms with Gasteiger partial charge in [-0.1, -0.05) is 36.3 Å². The molecule has 2 heterocycles. The Labute approximate surface area is 221 Å². The zero-order valence-corrected chi connectivity index (χ0v) is 22.2. The standard InChI is InChI=1S/C23H26F2N3O8PS/c1-5-22(24)19(30)23(25,35-20(22)28-12-11-17(38)26-21(28)31)13-33-37(32,36-16-9-7-6-8-10-16)27-15(4)18(29)34-14(2)3/h1,6-12,14-15,19-20,30H,13H2,2-4H3,(H,27,32)(H,26,31,38). The van der Waals surface area contributed by atoms with Gasteiger partial charge in [-0.15, -0.1) is 6.42 Å². The number of aromatic amines is 1. The minimum atomic E-state index is -4.62. The van der Waals surface area contributed by atoms with Crippen molar-refractivity contribution < 1.29 is 41.8 Å². The number of benzene rings is 1. The normalized spacial score (nSPS) is 27.3. The largest absolute Gasteiger partial charge is 0.462 e. The Morgan fingerprint density at radius 3 is 2.58 bits per heavy atom. The van der Waals surface area contributed by atoms with Gasteiger partial charge in [0.1, 0.15) is 23.0 Å². The molecule has 0 bridgehead atoms. The molecule has 1 aliphatic rings. The van der Waals surface area contributed by atoms with Gasteiger partial charge in [-0.25, -0.2) is 18.1 Å². The first-order valence-electron chi connectivity index (χ1n) is 11.2. The van der Waals surface area contributed by atoms with Crippen molar-refractivity contribution in [3.8, 4) is 18.1 Å². The summed E-state index contributed by atoms with van der Waals surface area (Å²) in [6, 6.07) is 7.50. The molecule has 2 aromatic rings. The summed E-state index contributed by atoms with van der Waals surface area (Å²) in [7, 11) is -4.62. The fourth-order valence-electron chi connectivity index (χ4n) is 3.43. The van der Waals surface area contributed by atoms with Crippen LogP contribution in [0.1, 0.15) is 27.0 Å². The summed E-state index contributed by atoms with van der Waals surface area (Å²) in [4.78, 5) is 26.8. The molecule has 0 saturated carbocycles. The number of terminal acetylenes is 1. The summed E-state index contributed by atoms with van der Waals surface area (Å²) < 4.78 is 66.5. The Hall–Kier alpha value is -2.92. The number of carbonyl (C=O) groups excluding carboxylic acids is 1. The fraction of sp³-hybridized carbons (Fsp3) is 0.435. The molecule has 1 fully saturated rings. The number of hydrogen-bond acceptors (Lipinski definition) is 9. The first kappa shape index (κ1) is 29.6. The van der Waals surface area contributed by atoms with Crippen molar-refractivity contribution in [2.24, 2.45) is 0 Å². The van der Waals surface area contributed by atoms with Gasteiger partial charge in [-0.3, -0.25) is 18.9 Å². The molecule has 3 rings (SSSR count). The third-order valence-electron chi connectivity index (χ3n) is 5.26. The van der Waals surface area contributed by atoms with E-state index in [9.17, 15) is 19.3 Å². The number of para-hydroxylation sites is 1. The average molecular weight is 574 g/mol. The lowest BCUT2D eigenvalue weighted by atomic mass is 9.96. The van der Waals surface area contributed by atoms with E-state index in [4.69, 9.17) is 37.2 Å². The van der Waals surface area contributed by atoms with Gasteiger partial charge in [0.15, 0.2) is 12.3 Å². The molecule has 0 amide bonds. The highest BCUT2D eigenvalue weighted by Crippen LogP contribution is 2.51. The highest BCUT2D eigenvalue weighted by molar-refractivity contribution is 7.71. The number of alkyl halides is 2. The minimum absolute atomic E-state index is 0.00000627. The molecule has 15 heteroatoms. The average Bonchev–Trinajstić information content (AvgIpc) is 3.05. The van der Waals surface area contributed by atoms with E-state index in [1.54, 1.807) is 38.0 Å². The summed E-state index contributed by atoms with van der Waals surface area (Å²) in [5.41, 5.74) is -4.25. The van der Waals surface area contributed by atoms with Crippen LogP contribution in [0.25, 0.3) is 0 Å². The van der Waals surface area contributed by atoms with Gasteiger partial charge in [0.05, 0.1) is 6.10 Å². The molecule has 6 unspecified atom stereocenters. The summed E-state index contributed by atoms with van der Waals surface area (Å²) in [5.74, 6) is -2.60. The first-order valence-corrected chi connectivity index (χ1v) is 13.2. The van der Waals surface area contributed by atoms with Gasteiger partial charge in [-0.2, -0.15) is 5.09 Å². The van der Waals surface area contributed by atoms with Crippen LogP contribution in [-0.2, 0) is 23.4 Å². The maximum Gasteiger partial charge on any atom is 0.459 e. The topological polar surface area (TPSA) is 141 Å². The molecule has 206 valence electrons. The van der Waals surface area contributed by atoms with Crippen molar-refractivity contribution in [2.45, 2.75) is 56.8 Å². The second-order valence-corrected chi connectivity index (χ2v) is 10.7. The Morgan fingerprint density at radius 1 is 1.34 bits per heavy atom. The number of halogens is 2. The predicted octanol–water partition coefficient (Wildman–Crippen LogP) is 2.94. The maximum absolute atomic E-state index is 15.9. The number of H-pyrrole nitrogens is 1. The smallest absolute Gasteiger partial charge is 0.459 e. The summed E-state index contributed by atoms with van der Waals surface area (Å²) in [6.45, 7) is 3.11. The zero-order valence-electron chi connectivity index (χ0n) is 20.5. The molecule has 1 aliphatic heterocycles. The molecule has 0 spiro atoms. The quantitative estimate of drug-likeness (QED) is 0.168.